The van der Waals surface area contributed by atoms with Gasteiger partial charge < -0.3 is 24.9 Å². The molecule has 7 heteroatoms. The van der Waals surface area contributed by atoms with E-state index >= 15 is 0 Å². The number of nitrogen functional groups attached to an aromatic ring is 1. The van der Waals surface area contributed by atoms with E-state index in [9.17, 15) is 5.11 Å². The Bertz CT molecular complexity index is 984. The summed E-state index contributed by atoms with van der Waals surface area (Å²) >= 11 is 0. The van der Waals surface area contributed by atoms with Gasteiger partial charge in [0.05, 0.1) is 38.4 Å². The highest BCUT2D eigenvalue weighted by Gasteiger charge is 2.37. The van der Waals surface area contributed by atoms with Gasteiger partial charge in [-0.15, -0.1) is 0 Å². The number of nitrogens with one attached hydrogen (secondary N) is 1. The maximum Gasteiger partial charge on any atom is 0.306 e. The van der Waals surface area contributed by atoms with E-state index in [1.165, 1.54) is 0 Å². The number of quaternary nitrogens is 1. The van der Waals surface area contributed by atoms with Crippen LogP contribution >= 0.6 is 0 Å². The predicted molar refractivity (Wildman–Crippen MR) is 108 cm³/mol. The van der Waals surface area contributed by atoms with Crippen LogP contribution in [0.1, 0.15) is 43.1 Å². The first-order valence-corrected chi connectivity index (χ1v) is 10.2. The molecular weight excluding hydrogens is 368 g/mol. The van der Waals surface area contributed by atoms with Crippen molar-refractivity contribution in [3.63, 3.8) is 0 Å². The minimum atomic E-state index is -0.238. The quantitative estimate of drug-likeness (QED) is 0.415. The number of hydrogen-bond donors (Lipinski definition) is 3. The zero-order valence-corrected chi connectivity index (χ0v) is 16.9. The molecule has 1 aliphatic rings. The molecule has 0 aliphatic carbocycles. The third-order valence-corrected chi connectivity index (χ3v) is 5.69. The van der Waals surface area contributed by atoms with E-state index in [2.05, 4.69) is 18.8 Å². The largest absolute Gasteiger partial charge is 0.508 e. The molecule has 0 unspecified atom stereocenters. The zero-order valence-electron chi connectivity index (χ0n) is 16.9. The first-order chi connectivity index (χ1) is 14.1. The van der Waals surface area contributed by atoms with Crippen molar-refractivity contribution < 1.29 is 23.7 Å². The summed E-state index contributed by atoms with van der Waals surface area (Å²) in [4.78, 5) is 6.11. The molecular formula is C22H28N4O3+2. The molecule has 0 saturated heterocycles. The SMILES string of the molecule is CC[NH+](CC)CCC[n+]1cnc2c(c1N)[C@@H](c1ccco1)c1ccc(O)cc1O2. The van der Waals surface area contributed by atoms with Crippen LogP contribution in [0, 0.1) is 0 Å². The van der Waals surface area contributed by atoms with E-state index in [-0.39, 0.29) is 11.7 Å². The van der Waals surface area contributed by atoms with Crippen molar-refractivity contribution in [1.82, 2.24) is 4.98 Å². The maximum absolute atomic E-state index is 9.88. The van der Waals surface area contributed by atoms with Crippen molar-refractivity contribution >= 4 is 5.82 Å². The molecule has 0 radical (unpaired) electrons. The number of furan rings is 1. The molecule has 1 aromatic carbocycles. The molecule has 4 rings (SSSR count). The average Bonchev–Trinajstić information content (AvgIpc) is 3.25. The molecule has 1 aliphatic heterocycles. The molecule has 0 fully saturated rings. The van der Waals surface area contributed by atoms with Crippen molar-refractivity contribution in [1.29, 1.82) is 0 Å². The zero-order chi connectivity index (χ0) is 20.4. The molecule has 0 spiro atoms. The van der Waals surface area contributed by atoms with Crippen LogP contribution in [0.5, 0.6) is 17.4 Å². The number of hydrogen-bond acceptors (Lipinski definition) is 5. The minimum Gasteiger partial charge on any atom is -0.508 e. The number of anilines is 1. The first-order valence-electron chi connectivity index (χ1n) is 10.2. The number of phenols is 1. The lowest BCUT2D eigenvalue weighted by molar-refractivity contribution is -0.898. The molecule has 3 aromatic rings. The Hall–Kier alpha value is -3.06. The van der Waals surface area contributed by atoms with Gasteiger partial charge in [0.1, 0.15) is 22.8 Å². The van der Waals surface area contributed by atoms with Gasteiger partial charge in [0.2, 0.25) is 12.1 Å². The normalized spacial score (nSPS) is 15.1. The van der Waals surface area contributed by atoms with E-state index in [1.807, 2.05) is 22.8 Å². The number of benzene rings is 1. The highest BCUT2D eigenvalue weighted by Crippen LogP contribution is 2.48. The Balaban J connectivity index is 1.71. The second-order valence-corrected chi connectivity index (χ2v) is 7.38. The molecule has 4 N–H and O–H groups in total. The van der Waals surface area contributed by atoms with E-state index in [1.54, 1.807) is 29.6 Å². The summed E-state index contributed by atoms with van der Waals surface area (Å²) in [5.41, 5.74) is 8.31. The smallest absolute Gasteiger partial charge is 0.306 e. The van der Waals surface area contributed by atoms with Crippen LogP contribution in [-0.4, -0.2) is 29.7 Å². The molecule has 29 heavy (non-hydrogen) atoms. The number of rotatable bonds is 7. The summed E-state index contributed by atoms with van der Waals surface area (Å²) in [7, 11) is 0. The fourth-order valence-electron chi connectivity index (χ4n) is 4.01. The number of aryl methyl sites for hydroxylation is 1. The highest BCUT2D eigenvalue weighted by molar-refractivity contribution is 5.60. The number of aromatic nitrogens is 2. The number of nitrogens with two attached hydrogens (primary N) is 1. The van der Waals surface area contributed by atoms with E-state index in [0.717, 1.165) is 49.5 Å². The third kappa shape index (κ3) is 3.65. The second kappa shape index (κ2) is 8.13. The van der Waals surface area contributed by atoms with Crippen LogP contribution in [0.3, 0.4) is 0 Å². The van der Waals surface area contributed by atoms with E-state index in [4.69, 9.17) is 14.9 Å². The standard InChI is InChI=1S/C22H26N4O3/c1-3-25(4-2)10-6-11-26-14-24-22-20(21(26)23)19(17-7-5-12-28-17)16-9-8-15(27)13-18(16)29-22/h5,7-9,12-14,19,23,27H,3-4,6,10-11H2,1-2H3/p+2/t19-/m1/s1. The lowest BCUT2D eigenvalue weighted by Crippen LogP contribution is -3.11. The lowest BCUT2D eigenvalue weighted by atomic mass is 9.87. The third-order valence-electron chi connectivity index (χ3n) is 5.69. The number of nitrogens with zero attached hydrogens (tertiary/aromatic N) is 2. The number of fused-ring (bicyclic) bond motifs is 2. The summed E-state index contributed by atoms with van der Waals surface area (Å²) < 4.78 is 13.7. The molecule has 7 nitrogen and oxygen atoms in total. The number of ether oxygens (including phenoxy) is 1. The number of aromatic hydroxyl groups is 1. The summed E-state index contributed by atoms with van der Waals surface area (Å²) in [6.07, 6.45) is 4.40. The first kappa shape index (κ1) is 19.3. The van der Waals surface area contributed by atoms with Gasteiger partial charge in [0.15, 0.2) is 0 Å². The van der Waals surface area contributed by atoms with Gasteiger partial charge in [-0.1, -0.05) is 11.1 Å². The molecule has 1 atom stereocenters. The van der Waals surface area contributed by atoms with Gasteiger partial charge >= 0.3 is 5.88 Å². The molecule has 0 bridgehead atoms. The van der Waals surface area contributed by atoms with E-state index < -0.39 is 0 Å². The molecule has 0 saturated carbocycles. The van der Waals surface area contributed by atoms with Crippen molar-refractivity contribution in [2.75, 3.05) is 25.4 Å². The highest BCUT2D eigenvalue weighted by atomic mass is 16.5. The van der Waals surface area contributed by atoms with Crippen molar-refractivity contribution in [2.45, 2.75) is 32.7 Å². The van der Waals surface area contributed by atoms with Crippen molar-refractivity contribution in [3.05, 3.63) is 59.8 Å². The summed E-state index contributed by atoms with van der Waals surface area (Å²) in [6, 6.07) is 8.88. The van der Waals surface area contributed by atoms with Gasteiger partial charge in [-0.05, 0) is 32.0 Å². The monoisotopic (exact) mass is 396 g/mol. The fourth-order valence-corrected chi connectivity index (χ4v) is 4.01. The fraction of sp³-hybridized carbons (Fsp3) is 0.364. The topological polar surface area (TPSA) is 89.8 Å². The van der Waals surface area contributed by atoms with Crippen LogP contribution < -0.4 is 19.9 Å². The molecule has 152 valence electrons. The Labute approximate surface area is 170 Å². The van der Waals surface area contributed by atoms with Gasteiger partial charge in [-0.2, -0.15) is 0 Å². The second-order valence-electron chi connectivity index (χ2n) is 7.38. The van der Waals surface area contributed by atoms with Gasteiger partial charge in [-0.3, -0.25) is 0 Å². The van der Waals surface area contributed by atoms with Crippen LogP contribution in [0.25, 0.3) is 0 Å². The summed E-state index contributed by atoms with van der Waals surface area (Å²) in [5.74, 6) is 2.31. The van der Waals surface area contributed by atoms with E-state index in [0.29, 0.717) is 17.4 Å². The summed E-state index contributed by atoms with van der Waals surface area (Å²) in [6.45, 7) is 8.55. The Morgan fingerprint density at radius 2 is 2.07 bits per heavy atom. The molecule has 0 amide bonds. The summed E-state index contributed by atoms with van der Waals surface area (Å²) in [5, 5.41) is 9.88. The van der Waals surface area contributed by atoms with Crippen LogP contribution in [-0.2, 0) is 6.54 Å². The Morgan fingerprint density at radius 3 is 2.79 bits per heavy atom. The van der Waals surface area contributed by atoms with Gasteiger partial charge in [-0.25, -0.2) is 4.57 Å². The lowest BCUT2D eigenvalue weighted by Gasteiger charge is -2.25. The van der Waals surface area contributed by atoms with Crippen molar-refractivity contribution in [3.8, 4) is 17.4 Å². The van der Waals surface area contributed by atoms with Gasteiger partial charge in [0.25, 0.3) is 0 Å². The van der Waals surface area contributed by atoms with Crippen molar-refractivity contribution in [2.24, 2.45) is 0 Å². The van der Waals surface area contributed by atoms with Gasteiger partial charge in [0, 0.05) is 18.1 Å². The molecule has 2 aromatic heterocycles. The Morgan fingerprint density at radius 1 is 1.24 bits per heavy atom. The van der Waals surface area contributed by atoms with Crippen LogP contribution in [0.2, 0.25) is 0 Å². The minimum absolute atomic E-state index is 0.142. The van der Waals surface area contributed by atoms with Crippen LogP contribution in [0.4, 0.5) is 5.82 Å². The Kier molecular flexibility index (Phi) is 5.40. The predicted octanol–water partition coefficient (Wildman–Crippen LogP) is 1.85. The number of phenolic OH excluding ortho intramolecular Hbond substituents is 1. The maximum atomic E-state index is 9.88. The average molecular weight is 396 g/mol. The van der Waals surface area contributed by atoms with Crippen LogP contribution in [0.15, 0.2) is 47.3 Å². The molecule has 3 heterocycles.